The largest absolute Gasteiger partial charge is 0.383 e. The Morgan fingerprint density at radius 1 is 1.04 bits per heavy atom. The van der Waals surface area contributed by atoms with Gasteiger partial charge in [-0.1, -0.05) is 48.0 Å². The van der Waals surface area contributed by atoms with Crippen molar-refractivity contribution in [2.45, 2.75) is 13.8 Å². The lowest BCUT2D eigenvalue weighted by molar-refractivity contribution is 0.210. The van der Waals surface area contributed by atoms with E-state index in [1.165, 1.54) is 0 Å². The zero-order valence-electron chi connectivity index (χ0n) is 15.7. The van der Waals surface area contributed by atoms with E-state index in [0.717, 1.165) is 28.1 Å². The number of hydrogen-bond acceptors (Lipinski definition) is 5. The highest BCUT2D eigenvalue weighted by molar-refractivity contribution is 6.33. The fourth-order valence-electron chi connectivity index (χ4n) is 2.81. The van der Waals surface area contributed by atoms with Gasteiger partial charge in [-0.05, 0) is 31.0 Å². The van der Waals surface area contributed by atoms with E-state index in [9.17, 15) is 0 Å². The van der Waals surface area contributed by atoms with Crippen molar-refractivity contribution in [3.8, 4) is 11.3 Å². The minimum absolute atomic E-state index is 0.539. The molecule has 0 aliphatic carbocycles. The maximum atomic E-state index is 6.45. The van der Waals surface area contributed by atoms with Gasteiger partial charge in [0.15, 0.2) is 0 Å². The number of hydrogen-bond donors (Lipinski definition) is 2. The van der Waals surface area contributed by atoms with Gasteiger partial charge in [-0.2, -0.15) is 4.98 Å². The highest BCUT2D eigenvalue weighted by atomic mass is 35.5. The summed E-state index contributed by atoms with van der Waals surface area (Å²) in [5.41, 5.74) is 4.88. The van der Waals surface area contributed by atoms with Crippen LogP contribution in [-0.4, -0.2) is 30.2 Å². The molecule has 0 aliphatic rings. The molecule has 0 radical (unpaired) electrons. The molecule has 0 bridgehead atoms. The van der Waals surface area contributed by atoms with Crippen LogP contribution in [0.2, 0.25) is 5.02 Å². The highest BCUT2D eigenvalue weighted by Crippen LogP contribution is 2.31. The van der Waals surface area contributed by atoms with Crippen LogP contribution in [0, 0.1) is 13.8 Å². The summed E-state index contributed by atoms with van der Waals surface area (Å²) in [5.74, 6) is 1.22. The van der Waals surface area contributed by atoms with Gasteiger partial charge in [-0.3, -0.25) is 0 Å². The molecule has 0 aliphatic heterocycles. The Labute approximate surface area is 164 Å². The predicted octanol–water partition coefficient (Wildman–Crippen LogP) is 5.22. The van der Waals surface area contributed by atoms with Gasteiger partial charge in [-0.25, -0.2) is 4.98 Å². The number of nitrogens with zero attached hydrogens (tertiary/aromatic N) is 2. The maximum Gasteiger partial charge on any atom is 0.225 e. The summed E-state index contributed by atoms with van der Waals surface area (Å²) in [5, 5.41) is 7.22. The molecule has 0 amide bonds. The van der Waals surface area contributed by atoms with Crippen molar-refractivity contribution < 1.29 is 4.74 Å². The number of anilines is 3. The van der Waals surface area contributed by atoms with E-state index in [1.807, 2.05) is 56.3 Å². The van der Waals surface area contributed by atoms with Gasteiger partial charge in [-0.15, -0.1) is 0 Å². The van der Waals surface area contributed by atoms with E-state index in [0.29, 0.717) is 29.9 Å². The molecule has 6 heteroatoms. The summed E-state index contributed by atoms with van der Waals surface area (Å²) < 4.78 is 5.10. The molecule has 3 aromatic rings. The second-order valence-corrected chi connectivity index (χ2v) is 6.72. The molecule has 5 nitrogen and oxygen atoms in total. The van der Waals surface area contributed by atoms with Crippen LogP contribution in [0.4, 0.5) is 17.5 Å². The minimum atomic E-state index is 0.539. The summed E-state index contributed by atoms with van der Waals surface area (Å²) in [6, 6.07) is 16.0. The van der Waals surface area contributed by atoms with Crippen LogP contribution in [0.3, 0.4) is 0 Å². The van der Waals surface area contributed by atoms with Crippen molar-refractivity contribution in [1.82, 2.24) is 9.97 Å². The van der Waals surface area contributed by atoms with Crippen LogP contribution >= 0.6 is 11.6 Å². The molecule has 3 rings (SSSR count). The number of halogens is 1. The molecule has 0 atom stereocenters. The molecule has 2 N–H and O–H groups in total. The topological polar surface area (TPSA) is 59.1 Å². The molecular weight excluding hydrogens is 360 g/mol. The summed E-state index contributed by atoms with van der Waals surface area (Å²) >= 11 is 6.45. The predicted molar refractivity (Wildman–Crippen MR) is 112 cm³/mol. The third-order valence-electron chi connectivity index (χ3n) is 4.07. The third kappa shape index (κ3) is 4.96. The smallest absolute Gasteiger partial charge is 0.225 e. The average Bonchev–Trinajstić information content (AvgIpc) is 2.65. The Balaban J connectivity index is 1.97. The lowest BCUT2D eigenvalue weighted by Gasteiger charge is -2.14. The second kappa shape index (κ2) is 8.84. The SMILES string of the molecule is COCCNc1nc(Nc2c(C)cc(C)cc2Cl)cc(-c2ccccc2)n1. The second-order valence-electron chi connectivity index (χ2n) is 6.31. The van der Waals surface area contributed by atoms with E-state index < -0.39 is 0 Å². The molecule has 0 saturated heterocycles. The normalized spacial score (nSPS) is 10.7. The van der Waals surface area contributed by atoms with Crippen molar-refractivity contribution in [1.29, 1.82) is 0 Å². The third-order valence-corrected chi connectivity index (χ3v) is 4.37. The van der Waals surface area contributed by atoms with Gasteiger partial charge in [0.1, 0.15) is 5.82 Å². The molecular formula is C21H23ClN4O. The molecule has 1 aromatic heterocycles. The lowest BCUT2D eigenvalue weighted by Crippen LogP contribution is -2.11. The number of methoxy groups -OCH3 is 1. The Kier molecular flexibility index (Phi) is 6.27. The Bertz CT molecular complexity index is 892. The molecule has 140 valence electrons. The van der Waals surface area contributed by atoms with E-state index >= 15 is 0 Å². The van der Waals surface area contributed by atoms with Gasteiger partial charge in [0, 0.05) is 25.3 Å². The quantitative estimate of drug-likeness (QED) is 0.549. The number of ether oxygens (including phenoxy) is 1. The first-order chi connectivity index (χ1) is 13.1. The summed E-state index contributed by atoms with van der Waals surface area (Å²) in [7, 11) is 1.66. The standard InChI is InChI=1S/C21H23ClN4O/c1-14-11-15(2)20(17(22)12-14)25-19-13-18(16-7-5-4-6-8-16)24-21(26-19)23-9-10-27-3/h4-8,11-13H,9-10H2,1-3H3,(H2,23,24,25,26). The number of aryl methyl sites for hydroxylation is 2. The van der Waals surface area contributed by atoms with Crippen molar-refractivity contribution in [3.63, 3.8) is 0 Å². The maximum absolute atomic E-state index is 6.45. The zero-order valence-corrected chi connectivity index (χ0v) is 16.5. The van der Waals surface area contributed by atoms with Crippen molar-refractivity contribution in [3.05, 3.63) is 64.7 Å². The van der Waals surface area contributed by atoms with Crippen LogP contribution in [0.25, 0.3) is 11.3 Å². The van der Waals surface area contributed by atoms with Crippen LogP contribution in [0.1, 0.15) is 11.1 Å². The van der Waals surface area contributed by atoms with Gasteiger partial charge in [0.25, 0.3) is 0 Å². The molecule has 0 spiro atoms. The molecule has 1 heterocycles. The summed E-state index contributed by atoms with van der Waals surface area (Å²) in [6.45, 7) is 5.25. The van der Waals surface area contributed by atoms with E-state index in [1.54, 1.807) is 7.11 Å². The average molecular weight is 383 g/mol. The van der Waals surface area contributed by atoms with Gasteiger partial charge >= 0.3 is 0 Å². The molecule has 0 saturated carbocycles. The number of nitrogens with one attached hydrogen (secondary N) is 2. The molecule has 0 fully saturated rings. The van der Waals surface area contributed by atoms with Crippen LogP contribution in [-0.2, 0) is 4.74 Å². The number of benzene rings is 2. The minimum Gasteiger partial charge on any atom is -0.383 e. The first kappa shape index (κ1) is 19.1. The molecule has 0 unspecified atom stereocenters. The van der Waals surface area contributed by atoms with E-state index in [-0.39, 0.29) is 0 Å². The molecule has 2 aromatic carbocycles. The Morgan fingerprint density at radius 3 is 2.52 bits per heavy atom. The first-order valence-corrected chi connectivity index (χ1v) is 9.15. The van der Waals surface area contributed by atoms with Crippen molar-refractivity contribution >= 4 is 29.1 Å². The van der Waals surface area contributed by atoms with Crippen molar-refractivity contribution in [2.24, 2.45) is 0 Å². The highest BCUT2D eigenvalue weighted by Gasteiger charge is 2.10. The van der Waals surface area contributed by atoms with E-state index in [2.05, 4.69) is 26.7 Å². The Morgan fingerprint density at radius 2 is 1.81 bits per heavy atom. The lowest BCUT2D eigenvalue weighted by atomic mass is 10.1. The summed E-state index contributed by atoms with van der Waals surface area (Å²) in [6.07, 6.45) is 0. The number of aromatic nitrogens is 2. The first-order valence-electron chi connectivity index (χ1n) is 8.78. The van der Waals surface area contributed by atoms with Gasteiger partial charge < -0.3 is 15.4 Å². The summed E-state index contributed by atoms with van der Waals surface area (Å²) in [4.78, 5) is 9.21. The Hall–Kier alpha value is -2.63. The van der Waals surface area contributed by atoms with E-state index in [4.69, 9.17) is 16.3 Å². The van der Waals surface area contributed by atoms with Gasteiger partial charge in [0.2, 0.25) is 5.95 Å². The van der Waals surface area contributed by atoms with Crippen molar-refractivity contribution in [2.75, 3.05) is 30.9 Å². The fraction of sp³-hybridized carbons (Fsp3) is 0.238. The van der Waals surface area contributed by atoms with Crippen LogP contribution in [0.15, 0.2) is 48.5 Å². The zero-order chi connectivity index (χ0) is 19.2. The van der Waals surface area contributed by atoms with Gasteiger partial charge in [0.05, 0.1) is 23.0 Å². The number of rotatable bonds is 7. The van der Waals surface area contributed by atoms with Crippen LogP contribution in [0.5, 0.6) is 0 Å². The fourth-order valence-corrected chi connectivity index (χ4v) is 3.18. The monoisotopic (exact) mass is 382 g/mol. The van der Waals surface area contributed by atoms with Crippen LogP contribution < -0.4 is 10.6 Å². The molecule has 27 heavy (non-hydrogen) atoms.